The summed E-state index contributed by atoms with van der Waals surface area (Å²) < 4.78 is 14.6. The zero-order valence-electron chi connectivity index (χ0n) is 11.7. The van der Waals surface area contributed by atoms with E-state index < -0.39 is 6.67 Å². The van der Waals surface area contributed by atoms with Gasteiger partial charge in [-0.2, -0.15) is 5.10 Å². The van der Waals surface area contributed by atoms with E-state index in [1.165, 1.54) is 0 Å². The summed E-state index contributed by atoms with van der Waals surface area (Å²) in [7, 11) is 0. The molecule has 1 aromatic carbocycles. The molecule has 0 saturated carbocycles. The van der Waals surface area contributed by atoms with Crippen LogP contribution in [0, 0.1) is 0 Å². The van der Waals surface area contributed by atoms with Gasteiger partial charge in [0.1, 0.15) is 12.3 Å². The zero-order valence-corrected chi connectivity index (χ0v) is 11.7. The largest absolute Gasteiger partial charge is 0.346 e. The van der Waals surface area contributed by atoms with Crippen LogP contribution in [0.5, 0.6) is 0 Å². The van der Waals surface area contributed by atoms with Gasteiger partial charge in [0.15, 0.2) is 0 Å². The first-order chi connectivity index (χ1) is 10.8. The predicted molar refractivity (Wildman–Crippen MR) is 83.5 cm³/mol. The van der Waals surface area contributed by atoms with Crippen molar-refractivity contribution in [2.45, 2.75) is 6.67 Å². The number of hydrogen-bond donors (Lipinski definition) is 1. The van der Waals surface area contributed by atoms with Crippen molar-refractivity contribution in [3.63, 3.8) is 0 Å². The van der Waals surface area contributed by atoms with Crippen molar-refractivity contribution in [1.29, 1.82) is 0 Å². The van der Waals surface area contributed by atoms with Gasteiger partial charge < -0.3 is 4.98 Å². The second-order valence-corrected chi connectivity index (χ2v) is 5.05. The molecule has 22 heavy (non-hydrogen) atoms. The molecule has 0 amide bonds. The normalized spacial score (nSPS) is 11.1. The summed E-state index contributed by atoms with van der Waals surface area (Å²) in [5.74, 6) is 0. The molecule has 0 fully saturated rings. The quantitative estimate of drug-likeness (QED) is 0.623. The Bertz CT molecular complexity index is 938. The number of benzene rings is 1. The van der Waals surface area contributed by atoms with Crippen molar-refractivity contribution in [2.24, 2.45) is 0 Å². The number of alkyl halides is 1. The molecule has 108 valence electrons. The Kier molecular flexibility index (Phi) is 2.96. The van der Waals surface area contributed by atoms with Gasteiger partial charge in [-0.3, -0.25) is 0 Å². The van der Waals surface area contributed by atoms with Gasteiger partial charge in [-0.25, -0.2) is 14.1 Å². The van der Waals surface area contributed by atoms with Crippen LogP contribution in [-0.4, -0.2) is 19.7 Å². The molecule has 5 heteroatoms. The Hall–Kier alpha value is -2.95. The SMILES string of the molecule is FCc1cccc(-c2ccn(-c3ccnc4[nH]ccc34)n2)c1. The van der Waals surface area contributed by atoms with Crippen LogP contribution in [0.15, 0.2) is 61.1 Å². The van der Waals surface area contributed by atoms with Gasteiger partial charge in [-0.05, 0) is 29.8 Å². The van der Waals surface area contributed by atoms with Gasteiger partial charge >= 0.3 is 0 Å². The molecule has 0 spiro atoms. The van der Waals surface area contributed by atoms with Gasteiger partial charge in [0.2, 0.25) is 0 Å². The van der Waals surface area contributed by atoms with Crippen molar-refractivity contribution in [2.75, 3.05) is 0 Å². The first-order valence-electron chi connectivity index (χ1n) is 6.98. The molecule has 0 unspecified atom stereocenters. The number of halogens is 1. The van der Waals surface area contributed by atoms with Crippen LogP contribution in [0.25, 0.3) is 28.0 Å². The second kappa shape index (κ2) is 5.11. The Morgan fingerprint density at radius 1 is 1.14 bits per heavy atom. The highest BCUT2D eigenvalue weighted by Crippen LogP contribution is 2.23. The van der Waals surface area contributed by atoms with Crippen LogP contribution in [0.1, 0.15) is 5.56 Å². The number of aromatic nitrogens is 4. The summed E-state index contributed by atoms with van der Waals surface area (Å²) in [5.41, 5.74) is 4.17. The molecule has 4 rings (SSSR count). The molecule has 0 radical (unpaired) electrons. The molecule has 3 heterocycles. The number of nitrogens with zero attached hydrogens (tertiary/aromatic N) is 3. The third-order valence-electron chi connectivity index (χ3n) is 3.65. The Balaban J connectivity index is 1.79. The van der Waals surface area contributed by atoms with Gasteiger partial charge in [0.05, 0.1) is 11.4 Å². The molecule has 4 aromatic rings. The maximum atomic E-state index is 12.8. The average Bonchev–Trinajstić information content (AvgIpc) is 3.23. The third kappa shape index (κ3) is 2.07. The first-order valence-corrected chi connectivity index (χ1v) is 6.98. The molecule has 1 N–H and O–H groups in total. The minimum atomic E-state index is -0.469. The Morgan fingerprint density at radius 2 is 2.09 bits per heavy atom. The van der Waals surface area contributed by atoms with Gasteiger partial charge in [0, 0.05) is 29.5 Å². The van der Waals surface area contributed by atoms with Gasteiger partial charge in [-0.15, -0.1) is 0 Å². The number of aromatic amines is 1. The Labute approximate surface area is 126 Å². The molecule has 4 nitrogen and oxygen atoms in total. The topological polar surface area (TPSA) is 46.5 Å². The molecule has 0 saturated heterocycles. The molecule has 3 aromatic heterocycles. The van der Waals surface area contributed by atoms with Crippen LogP contribution in [0.2, 0.25) is 0 Å². The molecule has 0 aliphatic carbocycles. The summed E-state index contributed by atoms with van der Waals surface area (Å²) in [6.07, 6.45) is 5.51. The fourth-order valence-corrected chi connectivity index (χ4v) is 2.57. The third-order valence-corrected chi connectivity index (χ3v) is 3.65. The lowest BCUT2D eigenvalue weighted by Crippen LogP contribution is -1.96. The summed E-state index contributed by atoms with van der Waals surface area (Å²) in [4.78, 5) is 7.37. The summed E-state index contributed by atoms with van der Waals surface area (Å²) in [5, 5.41) is 5.62. The summed E-state index contributed by atoms with van der Waals surface area (Å²) >= 11 is 0. The van der Waals surface area contributed by atoms with Crippen LogP contribution < -0.4 is 0 Å². The van der Waals surface area contributed by atoms with E-state index >= 15 is 0 Å². The average molecular weight is 292 g/mol. The molecule has 0 atom stereocenters. The van der Waals surface area contributed by atoms with E-state index in [2.05, 4.69) is 15.1 Å². The van der Waals surface area contributed by atoms with E-state index in [4.69, 9.17) is 0 Å². The van der Waals surface area contributed by atoms with Crippen molar-refractivity contribution < 1.29 is 4.39 Å². The first kappa shape index (κ1) is 12.8. The van der Waals surface area contributed by atoms with Crippen LogP contribution >= 0.6 is 0 Å². The highest BCUT2D eigenvalue weighted by molar-refractivity contribution is 5.84. The second-order valence-electron chi connectivity index (χ2n) is 5.05. The minimum absolute atomic E-state index is 0.469. The molecule has 0 bridgehead atoms. The van der Waals surface area contributed by atoms with E-state index in [-0.39, 0.29) is 0 Å². The van der Waals surface area contributed by atoms with Crippen LogP contribution in [0.4, 0.5) is 4.39 Å². The number of nitrogens with one attached hydrogen (secondary N) is 1. The number of hydrogen-bond acceptors (Lipinski definition) is 2. The van der Waals surface area contributed by atoms with Crippen LogP contribution in [-0.2, 0) is 6.67 Å². The highest BCUT2D eigenvalue weighted by Gasteiger charge is 2.08. The minimum Gasteiger partial charge on any atom is -0.346 e. The van der Waals surface area contributed by atoms with Crippen molar-refractivity contribution >= 4 is 11.0 Å². The molecule has 0 aliphatic heterocycles. The standard InChI is InChI=1S/C17H13FN4/c18-11-12-2-1-3-13(10-12)15-6-9-22(21-15)16-5-8-20-17-14(16)4-7-19-17/h1-10H,11H2,(H,19,20). The molecule has 0 aliphatic rings. The summed E-state index contributed by atoms with van der Waals surface area (Å²) in [6.45, 7) is -0.469. The van der Waals surface area contributed by atoms with E-state index in [1.807, 2.05) is 53.5 Å². The highest BCUT2D eigenvalue weighted by atomic mass is 19.1. The lowest BCUT2D eigenvalue weighted by Gasteiger charge is -2.03. The maximum absolute atomic E-state index is 12.8. The lowest BCUT2D eigenvalue weighted by molar-refractivity contribution is 0.485. The molecular weight excluding hydrogens is 279 g/mol. The number of H-pyrrole nitrogens is 1. The lowest BCUT2D eigenvalue weighted by atomic mass is 10.1. The fraction of sp³-hybridized carbons (Fsp3) is 0.0588. The Morgan fingerprint density at radius 3 is 3.00 bits per heavy atom. The number of pyridine rings is 1. The van der Waals surface area contributed by atoms with Gasteiger partial charge in [-0.1, -0.05) is 18.2 Å². The van der Waals surface area contributed by atoms with E-state index in [1.54, 1.807) is 12.3 Å². The maximum Gasteiger partial charge on any atom is 0.139 e. The van der Waals surface area contributed by atoms with Gasteiger partial charge in [0.25, 0.3) is 0 Å². The predicted octanol–water partition coefficient (Wildman–Crippen LogP) is 3.89. The summed E-state index contributed by atoms with van der Waals surface area (Å²) in [6, 6.07) is 13.2. The van der Waals surface area contributed by atoms with E-state index in [0.29, 0.717) is 5.56 Å². The van der Waals surface area contributed by atoms with E-state index in [0.717, 1.165) is 28.0 Å². The van der Waals surface area contributed by atoms with E-state index in [9.17, 15) is 4.39 Å². The van der Waals surface area contributed by atoms with Crippen molar-refractivity contribution in [1.82, 2.24) is 19.7 Å². The zero-order chi connectivity index (χ0) is 14.9. The van der Waals surface area contributed by atoms with Crippen molar-refractivity contribution in [3.05, 3.63) is 66.6 Å². The van der Waals surface area contributed by atoms with Crippen LogP contribution in [0.3, 0.4) is 0 Å². The smallest absolute Gasteiger partial charge is 0.139 e. The monoisotopic (exact) mass is 292 g/mol. The van der Waals surface area contributed by atoms with Crippen molar-refractivity contribution in [3.8, 4) is 16.9 Å². The number of fused-ring (bicyclic) bond motifs is 1. The fourth-order valence-electron chi connectivity index (χ4n) is 2.57. The number of rotatable bonds is 3. The molecular formula is C17H13FN4.